The maximum Gasteiger partial charge on any atom is 0.127 e. The molecule has 0 aliphatic carbocycles. The van der Waals surface area contributed by atoms with Crippen molar-refractivity contribution in [2.24, 2.45) is 0 Å². The van der Waals surface area contributed by atoms with Crippen molar-refractivity contribution in [2.45, 2.75) is 18.9 Å². The standard InChI is InChI=1S/C18H17FN2/c19-18-7-6-14(11-20)10-17(18)13-21-9-8-16(12-21)15-4-2-1-3-5-15/h1-7,10,16H,8-9,12-13H2/t16-/m0/s1. The number of rotatable bonds is 3. The van der Waals surface area contributed by atoms with Gasteiger partial charge in [0, 0.05) is 18.7 Å². The third kappa shape index (κ3) is 3.12. The summed E-state index contributed by atoms with van der Waals surface area (Å²) in [5, 5.41) is 8.92. The fourth-order valence-electron chi connectivity index (χ4n) is 2.98. The molecule has 0 spiro atoms. The van der Waals surface area contributed by atoms with Crippen molar-refractivity contribution in [2.75, 3.05) is 13.1 Å². The first-order valence-corrected chi connectivity index (χ1v) is 7.22. The van der Waals surface area contributed by atoms with E-state index in [0.29, 0.717) is 23.6 Å². The molecule has 3 heteroatoms. The normalized spacial score (nSPS) is 18.6. The van der Waals surface area contributed by atoms with E-state index >= 15 is 0 Å². The average Bonchev–Trinajstić information content (AvgIpc) is 2.99. The lowest BCUT2D eigenvalue weighted by atomic mass is 9.99. The van der Waals surface area contributed by atoms with Crippen LogP contribution >= 0.6 is 0 Å². The van der Waals surface area contributed by atoms with Gasteiger partial charge in [-0.25, -0.2) is 4.39 Å². The molecule has 1 aliphatic heterocycles. The Labute approximate surface area is 124 Å². The number of hydrogen-bond acceptors (Lipinski definition) is 2. The molecule has 1 saturated heterocycles. The fraction of sp³-hybridized carbons (Fsp3) is 0.278. The predicted molar refractivity (Wildman–Crippen MR) is 80.2 cm³/mol. The van der Waals surface area contributed by atoms with Crippen LogP contribution in [0.25, 0.3) is 0 Å². The average molecular weight is 280 g/mol. The quantitative estimate of drug-likeness (QED) is 0.857. The van der Waals surface area contributed by atoms with Crippen molar-refractivity contribution in [1.82, 2.24) is 4.90 Å². The smallest absolute Gasteiger partial charge is 0.127 e. The largest absolute Gasteiger partial charge is 0.298 e. The van der Waals surface area contributed by atoms with Crippen LogP contribution in [-0.2, 0) is 6.54 Å². The highest BCUT2D eigenvalue weighted by molar-refractivity contribution is 5.34. The zero-order valence-corrected chi connectivity index (χ0v) is 11.8. The summed E-state index contributed by atoms with van der Waals surface area (Å²) in [5.41, 5.74) is 2.49. The van der Waals surface area contributed by atoms with Crippen LogP contribution in [-0.4, -0.2) is 18.0 Å². The van der Waals surface area contributed by atoms with Crippen molar-refractivity contribution in [3.8, 4) is 6.07 Å². The fourth-order valence-corrected chi connectivity index (χ4v) is 2.98. The highest BCUT2D eigenvalue weighted by Gasteiger charge is 2.24. The summed E-state index contributed by atoms with van der Waals surface area (Å²) in [7, 11) is 0. The van der Waals surface area contributed by atoms with Crippen molar-refractivity contribution in [3.63, 3.8) is 0 Å². The summed E-state index contributed by atoms with van der Waals surface area (Å²) in [6.45, 7) is 2.49. The number of nitrogens with zero attached hydrogens (tertiary/aromatic N) is 2. The molecule has 0 aromatic heterocycles. The number of hydrogen-bond donors (Lipinski definition) is 0. The topological polar surface area (TPSA) is 27.0 Å². The van der Waals surface area contributed by atoms with Gasteiger partial charge in [-0.3, -0.25) is 4.90 Å². The Hall–Kier alpha value is -2.18. The Balaban J connectivity index is 1.69. The van der Waals surface area contributed by atoms with Crippen LogP contribution in [0.3, 0.4) is 0 Å². The van der Waals surface area contributed by atoms with Gasteiger partial charge >= 0.3 is 0 Å². The molecule has 0 radical (unpaired) electrons. The molecule has 0 bridgehead atoms. The van der Waals surface area contributed by atoms with E-state index in [0.717, 1.165) is 19.5 Å². The van der Waals surface area contributed by atoms with Gasteiger partial charge in [-0.15, -0.1) is 0 Å². The van der Waals surface area contributed by atoms with Crippen molar-refractivity contribution < 1.29 is 4.39 Å². The third-order valence-electron chi connectivity index (χ3n) is 4.11. The summed E-state index contributed by atoms with van der Waals surface area (Å²) in [6, 6.07) is 17.1. The van der Waals surface area contributed by atoms with Gasteiger partial charge in [0.1, 0.15) is 5.82 Å². The molecule has 0 unspecified atom stereocenters. The number of benzene rings is 2. The molecule has 0 saturated carbocycles. The van der Waals surface area contributed by atoms with Crippen LogP contribution in [0.2, 0.25) is 0 Å². The maximum absolute atomic E-state index is 13.8. The maximum atomic E-state index is 13.8. The van der Waals surface area contributed by atoms with Gasteiger partial charge in [0.25, 0.3) is 0 Å². The van der Waals surface area contributed by atoms with Crippen LogP contribution in [0, 0.1) is 17.1 Å². The molecule has 3 rings (SSSR count). The lowest BCUT2D eigenvalue weighted by Gasteiger charge is -2.17. The number of nitriles is 1. The molecule has 1 fully saturated rings. The van der Waals surface area contributed by atoms with Crippen LogP contribution in [0.15, 0.2) is 48.5 Å². The minimum absolute atomic E-state index is 0.225. The van der Waals surface area contributed by atoms with Crippen molar-refractivity contribution in [1.29, 1.82) is 5.26 Å². The lowest BCUT2D eigenvalue weighted by Crippen LogP contribution is -2.20. The predicted octanol–water partition coefficient (Wildman–Crippen LogP) is 3.69. The highest BCUT2D eigenvalue weighted by atomic mass is 19.1. The SMILES string of the molecule is N#Cc1ccc(F)c(CN2CC[C@H](c3ccccc3)C2)c1. The minimum atomic E-state index is -0.225. The van der Waals surface area contributed by atoms with E-state index < -0.39 is 0 Å². The number of likely N-dealkylation sites (tertiary alicyclic amines) is 1. The molecule has 106 valence electrons. The molecule has 2 aromatic carbocycles. The van der Waals surface area contributed by atoms with E-state index in [1.807, 2.05) is 6.07 Å². The first-order valence-electron chi connectivity index (χ1n) is 7.22. The van der Waals surface area contributed by atoms with Crippen LogP contribution in [0.4, 0.5) is 4.39 Å². The summed E-state index contributed by atoms with van der Waals surface area (Å²) in [6.07, 6.45) is 1.10. The summed E-state index contributed by atoms with van der Waals surface area (Å²) < 4.78 is 13.8. The zero-order valence-electron chi connectivity index (χ0n) is 11.8. The van der Waals surface area contributed by atoms with E-state index in [4.69, 9.17) is 5.26 Å². The van der Waals surface area contributed by atoms with Crippen LogP contribution < -0.4 is 0 Å². The Morgan fingerprint density at radius 1 is 1.19 bits per heavy atom. The Bertz CT molecular complexity index is 661. The second-order valence-corrected chi connectivity index (χ2v) is 5.55. The van der Waals surface area contributed by atoms with Crippen molar-refractivity contribution >= 4 is 0 Å². The van der Waals surface area contributed by atoms with Gasteiger partial charge in [-0.2, -0.15) is 5.26 Å². The third-order valence-corrected chi connectivity index (χ3v) is 4.11. The second-order valence-electron chi connectivity index (χ2n) is 5.55. The minimum Gasteiger partial charge on any atom is -0.298 e. The molecule has 0 N–H and O–H groups in total. The first kappa shape index (κ1) is 13.8. The Morgan fingerprint density at radius 2 is 2.00 bits per heavy atom. The van der Waals surface area contributed by atoms with Gasteiger partial charge in [-0.05, 0) is 42.6 Å². The van der Waals surface area contributed by atoms with Gasteiger partial charge in [0.15, 0.2) is 0 Å². The second kappa shape index (κ2) is 6.07. The Morgan fingerprint density at radius 3 is 2.76 bits per heavy atom. The van der Waals surface area contributed by atoms with E-state index in [1.165, 1.54) is 17.7 Å². The lowest BCUT2D eigenvalue weighted by molar-refractivity contribution is 0.321. The van der Waals surface area contributed by atoms with Gasteiger partial charge in [0.05, 0.1) is 11.6 Å². The first-order chi connectivity index (χ1) is 10.3. The summed E-state index contributed by atoms with van der Waals surface area (Å²) in [4.78, 5) is 2.26. The van der Waals surface area contributed by atoms with Gasteiger partial charge < -0.3 is 0 Å². The monoisotopic (exact) mass is 280 g/mol. The molecule has 21 heavy (non-hydrogen) atoms. The van der Waals surface area contributed by atoms with E-state index in [1.54, 1.807) is 6.07 Å². The van der Waals surface area contributed by atoms with E-state index in [2.05, 4.69) is 35.2 Å². The molecule has 1 atom stereocenters. The molecule has 0 amide bonds. The van der Waals surface area contributed by atoms with Crippen LogP contribution in [0.5, 0.6) is 0 Å². The molecule has 2 aromatic rings. The van der Waals surface area contributed by atoms with Gasteiger partial charge in [-0.1, -0.05) is 30.3 Å². The van der Waals surface area contributed by atoms with E-state index in [-0.39, 0.29) is 5.82 Å². The highest BCUT2D eigenvalue weighted by Crippen LogP contribution is 2.28. The molecule has 2 nitrogen and oxygen atoms in total. The van der Waals surface area contributed by atoms with Gasteiger partial charge in [0.2, 0.25) is 0 Å². The molecule has 1 heterocycles. The molecular formula is C18H17FN2. The summed E-state index contributed by atoms with van der Waals surface area (Å²) in [5.74, 6) is 0.297. The van der Waals surface area contributed by atoms with Crippen molar-refractivity contribution in [3.05, 3.63) is 71.0 Å². The summed E-state index contributed by atoms with van der Waals surface area (Å²) >= 11 is 0. The van der Waals surface area contributed by atoms with Crippen LogP contribution in [0.1, 0.15) is 29.0 Å². The Kier molecular flexibility index (Phi) is 3.98. The molecule has 1 aliphatic rings. The van der Waals surface area contributed by atoms with E-state index in [9.17, 15) is 4.39 Å². The zero-order chi connectivity index (χ0) is 14.7. The number of halogens is 1. The molecular weight excluding hydrogens is 263 g/mol.